The standard InChI is InChI=1S/C24H27N3O3/c1-29-21-9-5-8-18(14-21)10-12-25-24(28)22-11-13-30-23(22)20-15-26-27(17-20)16-19-6-3-2-4-7-19/h2-9,14-15,17,22-23H,10-13,16H2,1H3,(H,25,28)/t22-,23+/m0/s1. The minimum Gasteiger partial charge on any atom is -0.497 e. The lowest BCUT2D eigenvalue weighted by Crippen LogP contribution is -2.33. The largest absolute Gasteiger partial charge is 0.497 e. The van der Waals surface area contributed by atoms with Gasteiger partial charge in [0.25, 0.3) is 0 Å². The second kappa shape index (κ2) is 9.59. The number of aromatic nitrogens is 2. The van der Waals surface area contributed by atoms with Crippen molar-refractivity contribution in [3.8, 4) is 5.75 Å². The van der Waals surface area contributed by atoms with Gasteiger partial charge in [-0.2, -0.15) is 5.10 Å². The summed E-state index contributed by atoms with van der Waals surface area (Å²) in [6, 6.07) is 18.1. The number of methoxy groups -OCH3 is 1. The van der Waals surface area contributed by atoms with E-state index < -0.39 is 0 Å². The number of rotatable bonds is 8. The first kappa shape index (κ1) is 20.2. The van der Waals surface area contributed by atoms with Crippen molar-refractivity contribution in [1.82, 2.24) is 15.1 Å². The van der Waals surface area contributed by atoms with Crippen LogP contribution >= 0.6 is 0 Å². The highest BCUT2D eigenvalue weighted by atomic mass is 16.5. The number of nitrogens with one attached hydrogen (secondary N) is 1. The Morgan fingerprint density at radius 2 is 2.03 bits per heavy atom. The van der Waals surface area contributed by atoms with Crippen molar-refractivity contribution < 1.29 is 14.3 Å². The fourth-order valence-corrected chi connectivity index (χ4v) is 3.86. The SMILES string of the molecule is COc1cccc(CCNC(=O)[C@H]2CCO[C@@H]2c2cnn(Cc3ccccc3)c2)c1. The van der Waals surface area contributed by atoms with Crippen LogP contribution in [-0.4, -0.2) is 35.9 Å². The first-order valence-corrected chi connectivity index (χ1v) is 10.3. The summed E-state index contributed by atoms with van der Waals surface area (Å²) in [6.45, 7) is 1.87. The van der Waals surface area contributed by atoms with Crippen LogP contribution in [0.5, 0.6) is 5.75 Å². The number of ether oxygens (including phenoxy) is 2. The smallest absolute Gasteiger partial charge is 0.226 e. The van der Waals surface area contributed by atoms with Crippen LogP contribution in [0, 0.1) is 5.92 Å². The van der Waals surface area contributed by atoms with Crippen molar-refractivity contribution in [1.29, 1.82) is 0 Å². The highest BCUT2D eigenvalue weighted by Gasteiger charge is 2.35. The Hall–Kier alpha value is -3.12. The van der Waals surface area contributed by atoms with Gasteiger partial charge in [-0.3, -0.25) is 9.48 Å². The number of nitrogens with zero attached hydrogens (tertiary/aromatic N) is 2. The monoisotopic (exact) mass is 405 g/mol. The molecule has 2 aromatic carbocycles. The van der Waals surface area contributed by atoms with E-state index in [9.17, 15) is 4.79 Å². The Bertz CT molecular complexity index is 971. The molecule has 1 aromatic heterocycles. The Balaban J connectivity index is 1.33. The second-order valence-electron chi connectivity index (χ2n) is 7.54. The fourth-order valence-electron chi connectivity index (χ4n) is 3.86. The van der Waals surface area contributed by atoms with Gasteiger partial charge in [0, 0.05) is 24.9 Å². The van der Waals surface area contributed by atoms with Gasteiger partial charge in [0.1, 0.15) is 5.75 Å². The van der Waals surface area contributed by atoms with Gasteiger partial charge in [-0.05, 0) is 36.1 Å². The van der Waals surface area contributed by atoms with Crippen molar-refractivity contribution in [3.63, 3.8) is 0 Å². The van der Waals surface area contributed by atoms with E-state index in [4.69, 9.17) is 9.47 Å². The van der Waals surface area contributed by atoms with Crippen LogP contribution in [0.3, 0.4) is 0 Å². The van der Waals surface area contributed by atoms with E-state index >= 15 is 0 Å². The molecule has 0 bridgehead atoms. The minimum atomic E-state index is -0.244. The van der Waals surface area contributed by atoms with E-state index in [2.05, 4.69) is 22.5 Å². The average Bonchev–Trinajstić information content (AvgIpc) is 3.44. The predicted molar refractivity (Wildman–Crippen MR) is 114 cm³/mol. The molecule has 1 N–H and O–H groups in total. The lowest BCUT2D eigenvalue weighted by molar-refractivity contribution is -0.126. The van der Waals surface area contributed by atoms with Crippen molar-refractivity contribution in [2.24, 2.45) is 5.92 Å². The second-order valence-corrected chi connectivity index (χ2v) is 7.54. The highest BCUT2D eigenvalue weighted by Crippen LogP contribution is 2.34. The normalized spacial score (nSPS) is 18.3. The molecule has 1 saturated heterocycles. The third kappa shape index (κ3) is 4.89. The molecule has 0 saturated carbocycles. The Labute approximate surface area is 176 Å². The molecule has 1 fully saturated rings. The Kier molecular flexibility index (Phi) is 6.44. The predicted octanol–water partition coefficient (Wildman–Crippen LogP) is 3.38. The zero-order valence-corrected chi connectivity index (χ0v) is 17.2. The molecule has 2 heterocycles. The number of benzene rings is 2. The summed E-state index contributed by atoms with van der Waals surface area (Å²) in [6.07, 6.45) is 5.04. The van der Waals surface area contributed by atoms with Crippen LogP contribution < -0.4 is 10.1 Å². The number of hydrogen-bond acceptors (Lipinski definition) is 4. The van der Waals surface area contributed by atoms with Crippen molar-refractivity contribution in [2.45, 2.75) is 25.5 Å². The van der Waals surface area contributed by atoms with Crippen molar-refractivity contribution >= 4 is 5.91 Å². The van der Waals surface area contributed by atoms with Crippen molar-refractivity contribution in [2.75, 3.05) is 20.3 Å². The Morgan fingerprint density at radius 1 is 1.20 bits per heavy atom. The molecule has 2 atom stereocenters. The zero-order chi connectivity index (χ0) is 20.8. The first-order chi connectivity index (χ1) is 14.7. The van der Waals surface area contributed by atoms with Crippen LogP contribution in [0.4, 0.5) is 0 Å². The number of carbonyl (C=O) groups is 1. The minimum absolute atomic E-state index is 0.0382. The van der Waals surface area contributed by atoms with Crippen LogP contribution in [-0.2, 0) is 22.5 Å². The maximum Gasteiger partial charge on any atom is 0.226 e. The lowest BCUT2D eigenvalue weighted by Gasteiger charge is -2.17. The first-order valence-electron chi connectivity index (χ1n) is 10.3. The molecule has 156 valence electrons. The topological polar surface area (TPSA) is 65.4 Å². The molecule has 6 nitrogen and oxygen atoms in total. The van der Waals surface area contributed by atoms with Gasteiger partial charge >= 0.3 is 0 Å². The van der Waals surface area contributed by atoms with E-state index in [1.54, 1.807) is 7.11 Å². The summed E-state index contributed by atoms with van der Waals surface area (Å²) in [7, 11) is 1.66. The zero-order valence-electron chi connectivity index (χ0n) is 17.2. The third-order valence-electron chi connectivity index (χ3n) is 5.44. The van der Waals surface area contributed by atoms with E-state index in [-0.39, 0.29) is 17.9 Å². The molecule has 6 heteroatoms. The number of hydrogen-bond donors (Lipinski definition) is 1. The molecule has 4 rings (SSSR count). The number of carbonyl (C=O) groups excluding carboxylic acids is 1. The molecule has 0 unspecified atom stereocenters. The molecule has 1 aliphatic heterocycles. The van der Waals surface area contributed by atoms with Gasteiger partial charge in [-0.15, -0.1) is 0 Å². The van der Waals surface area contributed by atoms with E-state index in [0.717, 1.165) is 29.7 Å². The maximum atomic E-state index is 12.8. The molecule has 0 radical (unpaired) electrons. The summed E-state index contributed by atoms with van der Waals surface area (Å²) in [5.74, 6) is 0.677. The van der Waals surface area contributed by atoms with Crippen molar-refractivity contribution in [3.05, 3.63) is 83.7 Å². The maximum absolute atomic E-state index is 12.8. The van der Waals surface area contributed by atoms with Gasteiger partial charge in [0.15, 0.2) is 0 Å². The van der Waals surface area contributed by atoms with E-state index in [1.807, 2.05) is 59.5 Å². The third-order valence-corrected chi connectivity index (χ3v) is 5.44. The lowest BCUT2D eigenvalue weighted by atomic mass is 9.96. The average molecular weight is 405 g/mol. The molecule has 1 amide bonds. The summed E-state index contributed by atoms with van der Waals surface area (Å²) in [5.41, 5.74) is 3.28. The van der Waals surface area contributed by atoms with Gasteiger partial charge in [0.05, 0.1) is 31.9 Å². The summed E-state index contributed by atoms with van der Waals surface area (Å²) in [5, 5.41) is 7.53. The van der Waals surface area contributed by atoms with Gasteiger partial charge in [-0.1, -0.05) is 42.5 Å². The van der Waals surface area contributed by atoms with Gasteiger partial charge in [0.2, 0.25) is 5.91 Å². The van der Waals surface area contributed by atoms with Crippen LogP contribution in [0.25, 0.3) is 0 Å². The molecule has 3 aromatic rings. The van der Waals surface area contributed by atoms with Crippen LogP contribution in [0.15, 0.2) is 67.0 Å². The fraction of sp³-hybridized carbons (Fsp3) is 0.333. The van der Waals surface area contributed by atoms with Crippen LogP contribution in [0.1, 0.15) is 29.2 Å². The summed E-state index contributed by atoms with van der Waals surface area (Å²) >= 11 is 0. The summed E-state index contributed by atoms with van der Waals surface area (Å²) < 4.78 is 13.0. The van der Waals surface area contributed by atoms with Gasteiger partial charge < -0.3 is 14.8 Å². The number of amides is 1. The van der Waals surface area contributed by atoms with Gasteiger partial charge in [-0.25, -0.2) is 0 Å². The molecular formula is C24H27N3O3. The molecule has 0 spiro atoms. The molecule has 0 aliphatic carbocycles. The summed E-state index contributed by atoms with van der Waals surface area (Å²) in [4.78, 5) is 12.8. The molecule has 1 aliphatic rings. The van der Waals surface area contributed by atoms with Crippen LogP contribution in [0.2, 0.25) is 0 Å². The Morgan fingerprint density at radius 3 is 2.87 bits per heavy atom. The highest BCUT2D eigenvalue weighted by molar-refractivity contribution is 5.79. The van der Waals surface area contributed by atoms with E-state index in [1.165, 1.54) is 5.56 Å². The molecular weight excluding hydrogens is 378 g/mol. The van der Waals surface area contributed by atoms with E-state index in [0.29, 0.717) is 19.7 Å². The quantitative estimate of drug-likeness (QED) is 0.624. The molecule has 30 heavy (non-hydrogen) atoms.